The summed E-state index contributed by atoms with van der Waals surface area (Å²) in [6.45, 7) is 0. The van der Waals surface area contributed by atoms with Crippen LogP contribution in [0.3, 0.4) is 0 Å². The highest BCUT2D eigenvalue weighted by Crippen LogP contribution is 2.34. The molecular formula is C21H20O2. The van der Waals surface area contributed by atoms with Gasteiger partial charge in [-0.3, -0.25) is 0 Å². The monoisotopic (exact) mass is 304 g/mol. The van der Waals surface area contributed by atoms with E-state index in [1.807, 2.05) is 91.0 Å². The molecule has 2 nitrogen and oxygen atoms in total. The molecule has 23 heavy (non-hydrogen) atoms. The van der Waals surface area contributed by atoms with Crippen LogP contribution in [0.2, 0.25) is 0 Å². The largest absolute Gasteiger partial charge is 0.389 e. The molecule has 0 radical (unpaired) electrons. The zero-order valence-corrected chi connectivity index (χ0v) is 12.8. The van der Waals surface area contributed by atoms with Crippen LogP contribution in [-0.4, -0.2) is 16.3 Å². The highest BCUT2D eigenvalue weighted by Gasteiger charge is 2.39. The molecule has 2 heteroatoms. The smallest absolute Gasteiger partial charge is 0.141 e. The number of aliphatic hydroxyl groups is 2. The second-order valence-corrected chi connectivity index (χ2v) is 5.70. The third-order valence-corrected chi connectivity index (χ3v) is 4.18. The summed E-state index contributed by atoms with van der Waals surface area (Å²) in [5.74, 6) is 0. The summed E-state index contributed by atoms with van der Waals surface area (Å²) in [5.41, 5.74) is 0.924. The lowest BCUT2D eigenvalue weighted by Crippen LogP contribution is -2.42. The van der Waals surface area contributed by atoms with Crippen molar-refractivity contribution >= 4 is 0 Å². The van der Waals surface area contributed by atoms with Crippen LogP contribution in [0.25, 0.3) is 0 Å². The lowest BCUT2D eigenvalue weighted by atomic mass is 9.79. The number of rotatable bonds is 5. The molecular weight excluding hydrogens is 284 g/mol. The second-order valence-electron chi connectivity index (χ2n) is 5.70. The normalized spacial score (nSPS) is 12.8. The Labute approximate surface area is 136 Å². The van der Waals surface area contributed by atoms with Gasteiger partial charge in [-0.25, -0.2) is 0 Å². The van der Waals surface area contributed by atoms with Crippen LogP contribution < -0.4 is 0 Å². The van der Waals surface area contributed by atoms with Crippen molar-refractivity contribution in [2.24, 2.45) is 0 Å². The molecule has 0 amide bonds. The third kappa shape index (κ3) is 3.19. The highest BCUT2D eigenvalue weighted by molar-refractivity contribution is 5.38. The summed E-state index contributed by atoms with van der Waals surface area (Å²) in [7, 11) is 0. The van der Waals surface area contributed by atoms with Gasteiger partial charge in [0.15, 0.2) is 0 Å². The van der Waals surface area contributed by atoms with Crippen LogP contribution in [0, 0.1) is 0 Å². The summed E-state index contributed by atoms with van der Waals surface area (Å²) in [4.78, 5) is 0. The highest BCUT2D eigenvalue weighted by atomic mass is 16.3. The number of hydrogen-bond donors (Lipinski definition) is 2. The molecule has 0 saturated carbocycles. The molecule has 0 heterocycles. The Morgan fingerprint density at radius 3 is 1.48 bits per heavy atom. The van der Waals surface area contributed by atoms with Gasteiger partial charge in [0.05, 0.1) is 6.10 Å². The Balaban J connectivity index is 2.02. The van der Waals surface area contributed by atoms with Crippen molar-refractivity contribution in [3.05, 3.63) is 108 Å². The molecule has 0 aromatic heterocycles. The minimum absolute atomic E-state index is 0.376. The van der Waals surface area contributed by atoms with Crippen LogP contribution in [0.5, 0.6) is 0 Å². The van der Waals surface area contributed by atoms with Crippen molar-refractivity contribution in [2.45, 2.75) is 18.1 Å². The van der Waals surface area contributed by atoms with Gasteiger partial charge in [-0.1, -0.05) is 91.0 Å². The topological polar surface area (TPSA) is 40.5 Å². The van der Waals surface area contributed by atoms with Crippen LogP contribution in [0.1, 0.15) is 16.7 Å². The molecule has 0 unspecified atom stereocenters. The first-order chi connectivity index (χ1) is 11.2. The lowest BCUT2D eigenvalue weighted by Gasteiger charge is -2.34. The average molecular weight is 304 g/mol. The van der Waals surface area contributed by atoms with Gasteiger partial charge in [0.1, 0.15) is 5.60 Å². The quantitative estimate of drug-likeness (QED) is 0.757. The van der Waals surface area contributed by atoms with Gasteiger partial charge in [0.25, 0.3) is 0 Å². The Morgan fingerprint density at radius 1 is 0.652 bits per heavy atom. The maximum absolute atomic E-state index is 11.4. The molecule has 0 aliphatic carbocycles. The molecule has 3 aromatic carbocycles. The van der Waals surface area contributed by atoms with Crippen LogP contribution in [-0.2, 0) is 12.0 Å². The summed E-state index contributed by atoms with van der Waals surface area (Å²) < 4.78 is 0. The van der Waals surface area contributed by atoms with Crippen LogP contribution >= 0.6 is 0 Å². The fourth-order valence-corrected chi connectivity index (χ4v) is 2.92. The molecule has 0 aliphatic heterocycles. The standard InChI is InChI=1S/C21H20O2/c22-20(16-17-10-4-1-5-11-17)21(23,18-12-6-2-7-13-18)19-14-8-3-9-15-19/h1-15,20,22-23H,16H2/t20-/m0/s1. The molecule has 116 valence electrons. The first kappa shape index (κ1) is 15.5. The molecule has 0 aliphatic rings. The Bertz CT molecular complexity index is 684. The maximum atomic E-state index is 11.4. The van der Waals surface area contributed by atoms with Gasteiger partial charge in [-0.15, -0.1) is 0 Å². The molecule has 0 spiro atoms. The molecule has 3 aromatic rings. The Hall–Kier alpha value is -2.42. The minimum atomic E-state index is -1.45. The fourth-order valence-electron chi connectivity index (χ4n) is 2.92. The van der Waals surface area contributed by atoms with E-state index >= 15 is 0 Å². The van der Waals surface area contributed by atoms with E-state index in [1.165, 1.54) is 0 Å². The van der Waals surface area contributed by atoms with Gasteiger partial charge in [0, 0.05) is 6.42 Å². The average Bonchev–Trinajstić information content (AvgIpc) is 2.63. The summed E-state index contributed by atoms with van der Waals surface area (Å²) in [6, 6.07) is 28.4. The molecule has 1 atom stereocenters. The van der Waals surface area contributed by atoms with Gasteiger partial charge in [-0.2, -0.15) is 0 Å². The number of aliphatic hydroxyl groups excluding tert-OH is 1. The fraction of sp³-hybridized carbons (Fsp3) is 0.143. The molecule has 3 rings (SSSR count). The molecule has 0 fully saturated rings. The first-order valence-corrected chi connectivity index (χ1v) is 7.76. The molecule has 0 bridgehead atoms. The van der Waals surface area contributed by atoms with Crippen molar-refractivity contribution in [1.82, 2.24) is 0 Å². The number of benzene rings is 3. The molecule has 0 saturated heterocycles. The SMILES string of the molecule is O[C@@H](Cc1ccccc1)C(O)(c1ccccc1)c1ccccc1. The van der Waals surface area contributed by atoms with Crippen molar-refractivity contribution in [1.29, 1.82) is 0 Å². The minimum Gasteiger partial charge on any atom is -0.389 e. The predicted molar refractivity (Wildman–Crippen MR) is 92.0 cm³/mol. The van der Waals surface area contributed by atoms with Crippen molar-refractivity contribution in [3.63, 3.8) is 0 Å². The van der Waals surface area contributed by atoms with E-state index in [9.17, 15) is 10.2 Å². The van der Waals surface area contributed by atoms with E-state index in [2.05, 4.69) is 0 Å². The van der Waals surface area contributed by atoms with Crippen molar-refractivity contribution in [2.75, 3.05) is 0 Å². The zero-order chi connectivity index (χ0) is 16.1. The van der Waals surface area contributed by atoms with Gasteiger partial charge in [0.2, 0.25) is 0 Å². The second kappa shape index (κ2) is 6.78. The Morgan fingerprint density at radius 2 is 1.04 bits per heavy atom. The van der Waals surface area contributed by atoms with Gasteiger partial charge in [-0.05, 0) is 16.7 Å². The zero-order valence-electron chi connectivity index (χ0n) is 12.8. The van der Waals surface area contributed by atoms with E-state index in [1.54, 1.807) is 0 Å². The van der Waals surface area contributed by atoms with Crippen molar-refractivity contribution < 1.29 is 10.2 Å². The van der Waals surface area contributed by atoms with E-state index in [-0.39, 0.29) is 0 Å². The van der Waals surface area contributed by atoms with E-state index in [0.717, 1.165) is 5.56 Å². The predicted octanol–water partition coefficient (Wildman–Crippen LogP) is 3.53. The van der Waals surface area contributed by atoms with Crippen LogP contribution in [0.4, 0.5) is 0 Å². The number of hydrogen-bond acceptors (Lipinski definition) is 2. The van der Waals surface area contributed by atoms with Crippen molar-refractivity contribution in [3.8, 4) is 0 Å². The Kier molecular flexibility index (Phi) is 4.56. The maximum Gasteiger partial charge on any atom is 0.141 e. The van der Waals surface area contributed by atoms with E-state index in [0.29, 0.717) is 17.5 Å². The third-order valence-electron chi connectivity index (χ3n) is 4.18. The molecule has 2 N–H and O–H groups in total. The summed E-state index contributed by atoms with van der Waals surface area (Å²) in [5, 5.41) is 22.3. The first-order valence-electron chi connectivity index (χ1n) is 7.76. The summed E-state index contributed by atoms with van der Waals surface area (Å²) in [6.07, 6.45) is -0.573. The van der Waals surface area contributed by atoms with E-state index < -0.39 is 11.7 Å². The van der Waals surface area contributed by atoms with E-state index in [4.69, 9.17) is 0 Å². The summed E-state index contributed by atoms with van der Waals surface area (Å²) >= 11 is 0. The lowest BCUT2D eigenvalue weighted by molar-refractivity contribution is -0.0489. The van der Waals surface area contributed by atoms with Gasteiger partial charge >= 0.3 is 0 Å². The van der Waals surface area contributed by atoms with Crippen LogP contribution in [0.15, 0.2) is 91.0 Å². The van der Waals surface area contributed by atoms with Gasteiger partial charge < -0.3 is 10.2 Å².